The maximum atomic E-state index is 11.2. The van der Waals surface area contributed by atoms with E-state index in [1.807, 2.05) is 0 Å². The summed E-state index contributed by atoms with van der Waals surface area (Å²) in [7, 11) is 0. The second-order valence-corrected chi connectivity index (χ2v) is 3.00. The molecule has 68 valence electrons. The summed E-state index contributed by atoms with van der Waals surface area (Å²) in [5, 5.41) is 11.4. The van der Waals surface area contributed by atoms with Crippen LogP contribution in [-0.4, -0.2) is 29.9 Å². The fourth-order valence-corrected chi connectivity index (χ4v) is 1.23. The van der Waals surface area contributed by atoms with E-state index in [0.29, 0.717) is 19.3 Å². The first kappa shape index (κ1) is 9.19. The van der Waals surface area contributed by atoms with Crippen molar-refractivity contribution in [3.63, 3.8) is 0 Å². The predicted molar refractivity (Wildman–Crippen MR) is 42.4 cm³/mol. The largest absolute Gasteiger partial charge is 0.396 e. The molecule has 0 bridgehead atoms. The van der Waals surface area contributed by atoms with Crippen molar-refractivity contribution in [3.05, 3.63) is 0 Å². The maximum Gasteiger partial charge on any atom is 0.220 e. The third-order valence-corrected chi connectivity index (χ3v) is 2.05. The summed E-state index contributed by atoms with van der Waals surface area (Å²) in [6, 6.07) is 0. The normalized spacial score (nSPS) is 25.9. The van der Waals surface area contributed by atoms with E-state index in [2.05, 4.69) is 5.32 Å². The molecule has 1 rings (SSSR count). The Bertz CT molecular complexity index is 191. The Hall–Kier alpha value is -0.900. The van der Waals surface area contributed by atoms with Gasteiger partial charge in [-0.15, -0.1) is 0 Å². The lowest BCUT2D eigenvalue weighted by Gasteiger charge is -2.16. The van der Waals surface area contributed by atoms with Gasteiger partial charge >= 0.3 is 0 Å². The molecule has 1 atom stereocenters. The SMILES string of the molecule is O=C1CCCC(=O)C(CO)CN1. The molecule has 0 aromatic carbocycles. The third kappa shape index (κ3) is 2.30. The van der Waals surface area contributed by atoms with Crippen molar-refractivity contribution in [2.45, 2.75) is 19.3 Å². The minimum Gasteiger partial charge on any atom is -0.396 e. The molecule has 1 heterocycles. The summed E-state index contributed by atoms with van der Waals surface area (Å²) >= 11 is 0. The van der Waals surface area contributed by atoms with Crippen LogP contribution in [0.4, 0.5) is 0 Å². The van der Waals surface area contributed by atoms with E-state index in [4.69, 9.17) is 5.11 Å². The molecule has 0 spiro atoms. The van der Waals surface area contributed by atoms with Gasteiger partial charge in [-0.2, -0.15) is 0 Å². The van der Waals surface area contributed by atoms with Gasteiger partial charge in [-0.25, -0.2) is 0 Å². The van der Waals surface area contributed by atoms with Crippen molar-refractivity contribution in [3.8, 4) is 0 Å². The number of amides is 1. The number of nitrogens with one attached hydrogen (secondary N) is 1. The Balaban J connectivity index is 2.50. The van der Waals surface area contributed by atoms with Gasteiger partial charge in [-0.3, -0.25) is 9.59 Å². The lowest BCUT2D eigenvalue weighted by molar-refractivity contribution is -0.127. The van der Waals surface area contributed by atoms with Gasteiger partial charge in [0, 0.05) is 19.4 Å². The summed E-state index contributed by atoms with van der Waals surface area (Å²) in [6.45, 7) is 0.118. The van der Waals surface area contributed by atoms with E-state index >= 15 is 0 Å². The van der Waals surface area contributed by atoms with Crippen molar-refractivity contribution >= 4 is 11.7 Å². The molecule has 12 heavy (non-hydrogen) atoms. The van der Waals surface area contributed by atoms with Crippen LogP contribution >= 0.6 is 0 Å². The van der Waals surface area contributed by atoms with Crippen molar-refractivity contribution in [2.24, 2.45) is 5.92 Å². The number of carbonyl (C=O) groups is 2. The van der Waals surface area contributed by atoms with Crippen LogP contribution in [0.15, 0.2) is 0 Å². The second-order valence-electron chi connectivity index (χ2n) is 3.00. The molecule has 1 unspecified atom stereocenters. The van der Waals surface area contributed by atoms with Crippen molar-refractivity contribution in [1.82, 2.24) is 5.32 Å². The molecule has 0 aromatic rings. The fourth-order valence-electron chi connectivity index (χ4n) is 1.23. The molecule has 4 nitrogen and oxygen atoms in total. The van der Waals surface area contributed by atoms with E-state index in [9.17, 15) is 9.59 Å². The number of carbonyl (C=O) groups excluding carboxylic acids is 2. The van der Waals surface area contributed by atoms with Gasteiger partial charge in [-0.05, 0) is 6.42 Å². The number of aliphatic hydroxyl groups excluding tert-OH is 1. The number of hydrogen-bond acceptors (Lipinski definition) is 3. The molecule has 4 heteroatoms. The third-order valence-electron chi connectivity index (χ3n) is 2.05. The van der Waals surface area contributed by atoms with Crippen LogP contribution in [0.3, 0.4) is 0 Å². The van der Waals surface area contributed by atoms with Crippen molar-refractivity contribution < 1.29 is 14.7 Å². The zero-order valence-electron chi connectivity index (χ0n) is 6.88. The summed E-state index contributed by atoms with van der Waals surface area (Å²) < 4.78 is 0. The number of Topliss-reactive ketones (excluding diaryl/α,β-unsaturated/α-hetero) is 1. The predicted octanol–water partition coefficient (Wildman–Crippen LogP) is -0.536. The van der Waals surface area contributed by atoms with Gasteiger partial charge in [0.25, 0.3) is 0 Å². The zero-order chi connectivity index (χ0) is 8.97. The average molecular weight is 171 g/mol. The van der Waals surface area contributed by atoms with Gasteiger partial charge in [0.15, 0.2) is 0 Å². The molecule has 0 aromatic heterocycles. The Morgan fingerprint density at radius 2 is 2.17 bits per heavy atom. The first-order chi connectivity index (χ1) is 5.74. The highest BCUT2D eigenvalue weighted by Gasteiger charge is 2.20. The number of aliphatic hydroxyl groups is 1. The highest BCUT2D eigenvalue weighted by atomic mass is 16.3. The van der Waals surface area contributed by atoms with Crippen molar-refractivity contribution in [1.29, 1.82) is 0 Å². The number of hydrogen-bond donors (Lipinski definition) is 2. The van der Waals surface area contributed by atoms with Crippen LogP contribution < -0.4 is 5.32 Å². The Morgan fingerprint density at radius 3 is 2.83 bits per heavy atom. The Labute approximate surface area is 71.0 Å². The topological polar surface area (TPSA) is 66.4 Å². The molecular weight excluding hydrogens is 158 g/mol. The van der Waals surface area contributed by atoms with Crippen LogP contribution in [0.25, 0.3) is 0 Å². The van der Waals surface area contributed by atoms with E-state index < -0.39 is 5.92 Å². The molecule has 0 aliphatic carbocycles. The van der Waals surface area contributed by atoms with Crippen LogP contribution in [0.1, 0.15) is 19.3 Å². The van der Waals surface area contributed by atoms with E-state index in [1.54, 1.807) is 0 Å². The molecule has 1 aliphatic rings. The van der Waals surface area contributed by atoms with Crippen LogP contribution in [0.2, 0.25) is 0 Å². The average Bonchev–Trinajstić information content (AvgIpc) is 2.03. The smallest absolute Gasteiger partial charge is 0.220 e. The van der Waals surface area contributed by atoms with Crippen LogP contribution in [-0.2, 0) is 9.59 Å². The molecular formula is C8H13NO3. The highest BCUT2D eigenvalue weighted by Crippen LogP contribution is 2.07. The summed E-state index contributed by atoms with van der Waals surface area (Å²) in [6.07, 6.45) is 1.43. The molecule has 1 amide bonds. The molecule has 1 saturated heterocycles. The standard InChI is InChI=1S/C8H13NO3/c10-5-6-4-9-8(12)3-1-2-7(6)11/h6,10H,1-5H2,(H,9,12). The molecule has 2 N–H and O–H groups in total. The Morgan fingerprint density at radius 1 is 1.42 bits per heavy atom. The number of rotatable bonds is 1. The second kappa shape index (κ2) is 4.21. The molecule has 1 fully saturated rings. The van der Waals surface area contributed by atoms with E-state index in [-0.39, 0.29) is 24.8 Å². The van der Waals surface area contributed by atoms with Gasteiger partial charge in [0.2, 0.25) is 5.91 Å². The van der Waals surface area contributed by atoms with Gasteiger partial charge in [0.1, 0.15) is 5.78 Å². The fraction of sp³-hybridized carbons (Fsp3) is 0.750. The Kier molecular flexibility index (Phi) is 3.22. The zero-order valence-corrected chi connectivity index (χ0v) is 6.88. The van der Waals surface area contributed by atoms with E-state index in [0.717, 1.165) is 0 Å². The lowest BCUT2D eigenvalue weighted by atomic mass is 9.98. The monoisotopic (exact) mass is 171 g/mol. The summed E-state index contributed by atoms with van der Waals surface area (Å²) in [4.78, 5) is 22.1. The van der Waals surface area contributed by atoms with E-state index in [1.165, 1.54) is 0 Å². The van der Waals surface area contributed by atoms with Crippen LogP contribution in [0, 0.1) is 5.92 Å². The first-order valence-corrected chi connectivity index (χ1v) is 4.14. The minimum absolute atomic E-state index is 0.0269. The van der Waals surface area contributed by atoms with Gasteiger partial charge in [-0.1, -0.05) is 0 Å². The van der Waals surface area contributed by atoms with Crippen LogP contribution in [0.5, 0.6) is 0 Å². The highest BCUT2D eigenvalue weighted by molar-refractivity contribution is 5.84. The molecule has 0 radical (unpaired) electrons. The minimum atomic E-state index is -0.394. The molecule has 0 saturated carbocycles. The lowest BCUT2D eigenvalue weighted by Crippen LogP contribution is -2.36. The summed E-state index contributed by atoms with van der Waals surface area (Å²) in [5.74, 6) is -0.368. The molecule has 1 aliphatic heterocycles. The maximum absolute atomic E-state index is 11.2. The number of ketones is 1. The quantitative estimate of drug-likeness (QED) is 0.557. The first-order valence-electron chi connectivity index (χ1n) is 4.14. The van der Waals surface area contributed by atoms with Crippen molar-refractivity contribution in [2.75, 3.05) is 13.2 Å². The van der Waals surface area contributed by atoms with Gasteiger partial charge < -0.3 is 10.4 Å². The summed E-state index contributed by atoms with van der Waals surface area (Å²) in [5.41, 5.74) is 0. The van der Waals surface area contributed by atoms with Gasteiger partial charge in [0.05, 0.1) is 12.5 Å².